The van der Waals surface area contributed by atoms with Crippen molar-refractivity contribution in [2.45, 2.75) is 18.4 Å². The molecular weight excluding hydrogens is 472 g/mol. The van der Waals surface area contributed by atoms with Crippen molar-refractivity contribution >= 4 is 27.4 Å². The van der Waals surface area contributed by atoms with E-state index in [1.165, 1.54) is 19.2 Å². The van der Waals surface area contributed by atoms with Crippen molar-refractivity contribution in [3.8, 4) is 28.7 Å². The molecule has 34 heavy (non-hydrogen) atoms. The highest BCUT2D eigenvalue weighted by Gasteiger charge is 2.21. The van der Waals surface area contributed by atoms with Gasteiger partial charge in [-0.2, -0.15) is 5.26 Å². The fourth-order valence-corrected chi connectivity index (χ4v) is 5.03. The molecule has 1 heterocycles. The molecule has 0 aliphatic heterocycles. The number of halogens is 1. The number of nitrogens with one attached hydrogen (secondary N) is 1. The Morgan fingerprint density at radius 2 is 1.65 bits per heavy atom. The molecule has 1 aromatic heterocycles. The third-order valence-corrected chi connectivity index (χ3v) is 6.81. The van der Waals surface area contributed by atoms with Gasteiger partial charge in [0.05, 0.1) is 4.90 Å². The molecule has 0 saturated heterocycles. The van der Waals surface area contributed by atoms with Gasteiger partial charge in [-0.05, 0) is 17.2 Å². The van der Waals surface area contributed by atoms with E-state index in [0.717, 1.165) is 11.1 Å². The lowest BCUT2D eigenvalue weighted by Gasteiger charge is -2.13. The third kappa shape index (κ3) is 4.57. The molecule has 0 aliphatic rings. The van der Waals surface area contributed by atoms with Gasteiger partial charge in [0.15, 0.2) is 17.1 Å². The van der Waals surface area contributed by atoms with Crippen molar-refractivity contribution in [1.29, 1.82) is 5.26 Å². The number of aromatic nitrogens is 2. The van der Waals surface area contributed by atoms with E-state index < -0.39 is 10.0 Å². The van der Waals surface area contributed by atoms with Crippen LogP contribution in [0.15, 0.2) is 83.8 Å². The second-order valence-corrected chi connectivity index (χ2v) is 9.50. The van der Waals surface area contributed by atoms with Crippen LogP contribution in [0.25, 0.3) is 22.5 Å². The molecule has 0 amide bonds. The molecule has 0 saturated carbocycles. The van der Waals surface area contributed by atoms with Crippen molar-refractivity contribution < 1.29 is 13.2 Å². The quantitative estimate of drug-likeness (QED) is 0.226. The SMILES string of the molecule is CC(=O)c1c(Cl)nc(-c2ccccc2)n1Cc1ccc(-c2ccccc2S(=O)(=O)NC#N)cc1. The maximum Gasteiger partial charge on any atom is 0.270 e. The van der Waals surface area contributed by atoms with E-state index >= 15 is 0 Å². The van der Waals surface area contributed by atoms with Crippen LogP contribution in [0.1, 0.15) is 23.0 Å². The summed E-state index contributed by atoms with van der Waals surface area (Å²) in [6.07, 6.45) is 1.47. The summed E-state index contributed by atoms with van der Waals surface area (Å²) in [6, 6.07) is 23.2. The third-order valence-electron chi connectivity index (χ3n) is 5.25. The van der Waals surface area contributed by atoms with Crippen molar-refractivity contribution in [1.82, 2.24) is 14.3 Å². The van der Waals surface area contributed by atoms with Crippen LogP contribution in [-0.2, 0) is 16.6 Å². The fraction of sp³-hybridized carbons (Fsp3) is 0.0800. The summed E-state index contributed by atoms with van der Waals surface area (Å²) in [5.74, 6) is 0.388. The zero-order valence-corrected chi connectivity index (χ0v) is 19.6. The highest BCUT2D eigenvalue weighted by Crippen LogP contribution is 2.30. The second-order valence-electron chi connectivity index (χ2n) is 7.49. The normalized spacial score (nSPS) is 11.1. The zero-order chi connectivity index (χ0) is 24.3. The molecular formula is C25H19ClN4O3S. The number of hydrogen-bond donors (Lipinski definition) is 1. The van der Waals surface area contributed by atoms with Gasteiger partial charge in [0.25, 0.3) is 10.0 Å². The number of rotatable bonds is 7. The number of sulfonamides is 1. The molecule has 4 rings (SSSR count). The van der Waals surface area contributed by atoms with E-state index in [1.807, 2.05) is 47.2 Å². The first kappa shape index (κ1) is 23.2. The first-order valence-corrected chi connectivity index (χ1v) is 12.1. The Hall–Kier alpha value is -3.93. The Morgan fingerprint density at radius 3 is 2.29 bits per heavy atom. The molecule has 0 spiro atoms. The monoisotopic (exact) mass is 490 g/mol. The topological polar surface area (TPSA) is 105 Å². The van der Waals surface area contributed by atoms with Crippen molar-refractivity contribution in [2.75, 3.05) is 0 Å². The van der Waals surface area contributed by atoms with Gasteiger partial charge >= 0.3 is 0 Å². The molecule has 170 valence electrons. The molecule has 0 fully saturated rings. The van der Waals surface area contributed by atoms with Gasteiger partial charge < -0.3 is 4.57 Å². The summed E-state index contributed by atoms with van der Waals surface area (Å²) >= 11 is 6.31. The number of carbonyl (C=O) groups is 1. The van der Waals surface area contributed by atoms with E-state index in [4.69, 9.17) is 16.9 Å². The van der Waals surface area contributed by atoms with Crippen LogP contribution in [0.4, 0.5) is 0 Å². The number of imidazole rings is 1. The Bertz CT molecular complexity index is 1510. The van der Waals surface area contributed by atoms with Crippen molar-refractivity contribution in [3.63, 3.8) is 0 Å². The average molecular weight is 491 g/mol. The maximum atomic E-state index is 12.4. The van der Waals surface area contributed by atoms with Crippen LogP contribution in [0, 0.1) is 11.5 Å². The number of benzene rings is 3. The van der Waals surface area contributed by atoms with Crippen LogP contribution in [-0.4, -0.2) is 23.8 Å². The van der Waals surface area contributed by atoms with Crippen LogP contribution in [0.2, 0.25) is 5.15 Å². The van der Waals surface area contributed by atoms with E-state index in [0.29, 0.717) is 29.2 Å². The number of Topliss-reactive ketones (excluding diaryl/α,β-unsaturated/α-hetero) is 1. The minimum Gasteiger partial charge on any atom is -0.316 e. The minimum atomic E-state index is -3.97. The van der Waals surface area contributed by atoms with Gasteiger partial charge in [-0.25, -0.2) is 18.1 Å². The van der Waals surface area contributed by atoms with Gasteiger partial charge in [0, 0.05) is 24.6 Å². The maximum absolute atomic E-state index is 12.4. The van der Waals surface area contributed by atoms with Crippen LogP contribution >= 0.6 is 11.6 Å². The van der Waals surface area contributed by atoms with Crippen LogP contribution in [0.3, 0.4) is 0 Å². The molecule has 0 radical (unpaired) electrons. The molecule has 0 aliphatic carbocycles. The lowest BCUT2D eigenvalue weighted by atomic mass is 10.0. The van der Waals surface area contributed by atoms with Gasteiger partial charge in [-0.1, -0.05) is 84.4 Å². The van der Waals surface area contributed by atoms with Gasteiger partial charge in [0.2, 0.25) is 0 Å². The van der Waals surface area contributed by atoms with Gasteiger partial charge in [-0.3, -0.25) is 4.79 Å². The number of ketones is 1. The number of nitrogens with zero attached hydrogens (tertiary/aromatic N) is 3. The largest absolute Gasteiger partial charge is 0.316 e. The zero-order valence-electron chi connectivity index (χ0n) is 18.1. The van der Waals surface area contributed by atoms with Crippen molar-refractivity contribution in [3.05, 3.63) is 95.3 Å². The van der Waals surface area contributed by atoms with Crippen LogP contribution < -0.4 is 4.72 Å². The van der Waals surface area contributed by atoms with E-state index in [9.17, 15) is 13.2 Å². The first-order valence-electron chi connectivity index (χ1n) is 10.2. The molecule has 0 atom stereocenters. The average Bonchev–Trinajstić information content (AvgIpc) is 3.16. The van der Waals surface area contributed by atoms with Crippen LogP contribution in [0.5, 0.6) is 0 Å². The molecule has 9 heteroatoms. The lowest BCUT2D eigenvalue weighted by Crippen LogP contribution is -2.18. The summed E-state index contributed by atoms with van der Waals surface area (Å²) in [6.45, 7) is 1.79. The summed E-state index contributed by atoms with van der Waals surface area (Å²) in [7, 11) is -3.97. The molecule has 1 N–H and O–H groups in total. The van der Waals surface area contributed by atoms with E-state index in [-0.39, 0.29) is 15.8 Å². The standard InChI is InChI=1S/C25H19ClN4O3S/c1-17(31)23-24(26)29-25(20-7-3-2-4-8-20)30(23)15-18-11-13-19(14-12-18)21-9-5-6-10-22(21)34(32,33)28-16-27/h2-14,28H,15H2,1H3. The Balaban J connectivity index is 1.73. The highest BCUT2D eigenvalue weighted by atomic mass is 35.5. The molecule has 7 nitrogen and oxygen atoms in total. The predicted molar refractivity (Wildman–Crippen MR) is 130 cm³/mol. The van der Waals surface area contributed by atoms with E-state index in [1.54, 1.807) is 34.9 Å². The Labute approximate surface area is 202 Å². The second kappa shape index (κ2) is 9.51. The fourth-order valence-electron chi connectivity index (χ4n) is 3.75. The highest BCUT2D eigenvalue weighted by molar-refractivity contribution is 7.89. The molecule has 0 bridgehead atoms. The summed E-state index contributed by atoms with van der Waals surface area (Å²) in [4.78, 5) is 16.8. The Morgan fingerprint density at radius 1 is 1.00 bits per heavy atom. The van der Waals surface area contributed by atoms with Gasteiger partial charge in [0.1, 0.15) is 11.5 Å². The van der Waals surface area contributed by atoms with Crippen molar-refractivity contribution in [2.24, 2.45) is 0 Å². The van der Waals surface area contributed by atoms with E-state index in [2.05, 4.69) is 4.98 Å². The first-order chi connectivity index (χ1) is 16.3. The summed E-state index contributed by atoms with van der Waals surface area (Å²) in [5.41, 5.74) is 3.16. The smallest absolute Gasteiger partial charge is 0.270 e. The Kier molecular flexibility index (Phi) is 6.50. The summed E-state index contributed by atoms with van der Waals surface area (Å²) < 4.78 is 28.5. The van der Waals surface area contributed by atoms with Gasteiger partial charge in [-0.15, -0.1) is 0 Å². The molecule has 4 aromatic rings. The number of hydrogen-bond acceptors (Lipinski definition) is 5. The minimum absolute atomic E-state index is 0.0101. The number of carbonyl (C=O) groups excluding carboxylic acids is 1. The lowest BCUT2D eigenvalue weighted by molar-refractivity contribution is 0.100. The predicted octanol–water partition coefficient (Wildman–Crippen LogP) is 4.88. The summed E-state index contributed by atoms with van der Waals surface area (Å²) in [5, 5.41) is 8.93. The molecule has 0 unspecified atom stereocenters. The number of nitriles is 1. The molecule has 3 aromatic carbocycles.